The molecule has 1 heterocycles. The molecule has 0 unspecified atom stereocenters. The number of benzene rings is 2. The summed E-state index contributed by atoms with van der Waals surface area (Å²) in [5.41, 5.74) is 3.09. The Hall–Kier alpha value is -2.29. The van der Waals surface area contributed by atoms with Crippen LogP contribution < -0.4 is 9.47 Å². The topological polar surface area (TPSA) is 35.5 Å². The third-order valence-electron chi connectivity index (χ3n) is 3.49. The van der Waals surface area contributed by atoms with Crippen LogP contribution in [-0.2, 0) is 17.8 Å². The number of esters is 1. The Morgan fingerprint density at radius 3 is 2.70 bits per heavy atom. The molecule has 102 valence electrons. The van der Waals surface area contributed by atoms with Crippen LogP contribution in [0.1, 0.15) is 23.1 Å². The highest BCUT2D eigenvalue weighted by Gasteiger charge is 2.21. The molecule has 0 spiro atoms. The summed E-state index contributed by atoms with van der Waals surface area (Å²) in [5, 5.41) is 0. The van der Waals surface area contributed by atoms with E-state index in [4.69, 9.17) is 9.47 Å². The van der Waals surface area contributed by atoms with E-state index in [9.17, 15) is 4.79 Å². The van der Waals surface area contributed by atoms with Gasteiger partial charge in [0.2, 0.25) is 0 Å². The molecule has 0 N–H and O–H groups in total. The second-order valence-electron chi connectivity index (χ2n) is 4.93. The van der Waals surface area contributed by atoms with E-state index >= 15 is 0 Å². The van der Waals surface area contributed by atoms with E-state index < -0.39 is 0 Å². The first kappa shape index (κ1) is 12.7. The van der Waals surface area contributed by atoms with Gasteiger partial charge in [0.15, 0.2) is 0 Å². The standard InChI is InChI=1S/C17H16O3/c1-12-15(19-11-13-5-3-2-4-6-13)9-7-14-8-10-16(18)20-17(12)14/h2-7,9H,8,10-11H2,1H3. The van der Waals surface area contributed by atoms with Crippen molar-refractivity contribution in [2.75, 3.05) is 0 Å². The second-order valence-corrected chi connectivity index (χ2v) is 4.93. The van der Waals surface area contributed by atoms with Gasteiger partial charge in [-0.2, -0.15) is 0 Å². The van der Waals surface area contributed by atoms with Gasteiger partial charge in [0.05, 0.1) is 6.42 Å². The molecule has 0 radical (unpaired) electrons. The lowest BCUT2D eigenvalue weighted by Gasteiger charge is -2.19. The summed E-state index contributed by atoms with van der Waals surface area (Å²) in [6, 6.07) is 13.9. The SMILES string of the molecule is Cc1c(OCc2ccccc2)ccc2c1OC(=O)CC2. The van der Waals surface area contributed by atoms with Crippen LogP contribution in [0.5, 0.6) is 11.5 Å². The monoisotopic (exact) mass is 268 g/mol. The lowest BCUT2D eigenvalue weighted by Crippen LogP contribution is -2.17. The summed E-state index contributed by atoms with van der Waals surface area (Å²) in [5.74, 6) is 1.27. The molecule has 0 aliphatic carbocycles. The van der Waals surface area contributed by atoms with Gasteiger partial charge in [-0.25, -0.2) is 0 Å². The lowest BCUT2D eigenvalue weighted by molar-refractivity contribution is -0.135. The van der Waals surface area contributed by atoms with Crippen LogP contribution in [0.4, 0.5) is 0 Å². The van der Waals surface area contributed by atoms with Gasteiger partial charge in [0, 0.05) is 5.56 Å². The first-order valence-electron chi connectivity index (χ1n) is 6.74. The van der Waals surface area contributed by atoms with Gasteiger partial charge in [0.25, 0.3) is 0 Å². The fraction of sp³-hybridized carbons (Fsp3) is 0.235. The van der Waals surface area contributed by atoms with Crippen molar-refractivity contribution in [3.63, 3.8) is 0 Å². The smallest absolute Gasteiger partial charge is 0.311 e. The average Bonchev–Trinajstić information content (AvgIpc) is 2.48. The molecular formula is C17H16O3. The predicted octanol–water partition coefficient (Wildman–Crippen LogP) is 3.43. The Labute approximate surface area is 118 Å². The largest absolute Gasteiger partial charge is 0.488 e. The Kier molecular flexibility index (Phi) is 3.42. The number of rotatable bonds is 3. The molecule has 1 aliphatic heterocycles. The van der Waals surface area contributed by atoms with Crippen molar-refractivity contribution in [3.05, 3.63) is 59.2 Å². The molecule has 20 heavy (non-hydrogen) atoms. The van der Waals surface area contributed by atoms with Crippen molar-refractivity contribution in [3.8, 4) is 11.5 Å². The number of carbonyl (C=O) groups excluding carboxylic acids is 1. The van der Waals surface area contributed by atoms with Crippen LogP contribution in [0, 0.1) is 6.92 Å². The van der Waals surface area contributed by atoms with Gasteiger partial charge >= 0.3 is 5.97 Å². The third kappa shape index (κ3) is 2.52. The van der Waals surface area contributed by atoms with E-state index in [2.05, 4.69) is 0 Å². The molecule has 0 amide bonds. The second kappa shape index (κ2) is 5.37. The van der Waals surface area contributed by atoms with Crippen LogP contribution in [0.25, 0.3) is 0 Å². The fourth-order valence-electron chi connectivity index (χ4n) is 2.36. The molecule has 2 aromatic rings. The van der Waals surface area contributed by atoms with Crippen LogP contribution in [0.15, 0.2) is 42.5 Å². The summed E-state index contributed by atoms with van der Waals surface area (Å²) in [4.78, 5) is 11.4. The van der Waals surface area contributed by atoms with Gasteiger partial charge in [-0.15, -0.1) is 0 Å². The minimum absolute atomic E-state index is 0.166. The zero-order valence-corrected chi connectivity index (χ0v) is 11.4. The van der Waals surface area contributed by atoms with Crippen molar-refractivity contribution in [1.82, 2.24) is 0 Å². The highest BCUT2D eigenvalue weighted by Crippen LogP contribution is 2.35. The molecule has 0 saturated heterocycles. The molecule has 0 saturated carbocycles. The van der Waals surface area contributed by atoms with Crippen molar-refractivity contribution in [1.29, 1.82) is 0 Å². The number of fused-ring (bicyclic) bond motifs is 1. The zero-order valence-electron chi connectivity index (χ0n) is 11.4. The number of aryl methyl sites for hydroxylation is 1. The van der Waals surface area contributed by atoms with Gasteiger partial charge in [0.1, 0.15) is 18.1 Å². The molecule has 0 bridgehead atoms. The van der Waals surface area contributed by atoms with Crippen LogP contribution in [0.2, 0.25) is 0 Å². The maximum absolute atomic E-state index is 11.4. The summed E-state index contributed by atoms with van der Waals surface area (Å²) >= 11 is 0. The van der Waals surface area contributed by atoms with Crippen LogP contribution in [0.3, 0.4) is 0 Å². The molecule has 2 aromatic carbocycles. The summed E-state index contributed by atoms with van der Waals surface area (Å²) in [6.45, 7) is 2.44. The number of hydrogen-bond acceptors (Lipinski definition) is 3. The Morgan fingerprint density at radius 1 is 1.10 bits per heavy atom. The molecule has 0 aromatic heterocycles. The minimum Gasteiger partial charge on any atom is -0.488 e. The fourth-order valence-corrected chi connectivity index (χ4v) is 2.36. The molecule has 0 fully saturated rings. The van der Waals surface area contributed by atoms with Gasteiger partial charge in [-0.3, -0.25) is 4.79 Å². The van der Waals surface area contributed by atoms with Crippen molar-refractivity contribution < 1.29 is 14.3 Å². The Morgan fingerprint density at radius 2 is 1.90 bits per heavy atom. The van der Waals surface area contributed by atoms with Crippen molar-refractivity contribution >= 4 is 5.97 Å². The Bertz CT molecular complexity index is 632. The third-order valence-corrected chi connectivity index (χ3v) is 3.49. The first-order chi connectivity index (χ1) is 9.74. The highest BCUT2D eigenvalue weighted by molar-refractivity contribution is 5.76. The van der Waals surface area contributed by atoms with E-state index in [0.29, 0.717) is 18.8 Å². The maximum atomic E-state index is 11.4. The number of ether oxygens (including phenoxy) is 2. The summed E-state index contributed by atoms with van der Waals surface area (Å²) in [7, 11) is 0. The predicted molar refractivity (Wildman–Crippen MR) is 75.9 cm³/mol. The van der Waals surface area contributed by atoms with E-state index in [1.54, 1.807) is 0 Å². The van der Waals surface area contributed by atoms with Gasteiger partial charge < -0.3 is 9.47 Å². The van der Waals surface area contributed by atoms with Gasteiger partial charge in [-0.05, 0) is 30.5 Å². The van der Waals surface area contributed by atoms with Crippen LogP contribution in [-0.4, -0.2) is 5.97 Å². The summed E-state index contributed by atoms with van der Waals surface area (Å²) < 4.78 is 11.2. The number of hydrogen-bond donors (Lipinski definition) is 0. The van der Waals surface area contributed by atoms with Gasteiger partial charge in [-0.1, -0.05) is 36.4 Å². The maximum Gasteiger partial charge on any atom is 0.311 e. The molecule has 3 nitrogen and oxygen atoms in total. The lowest BCUT2D eigenvalue weighted by atomic mass is 10.0. The van der Waals surface area contributed by atoms with Crippen LogP contribution >= 0.6 is 0 Å². The first-order valence-corrected chi connectivity index (χ1v) is 6.74. The molecule has 3 heteroatoms. The highest BCUT2D eigenvalue weighted by atomic mass is 16.5. The zero-order chi connectivity index (χ0) is 13.9. The van der Waals surface area contributed by atoms with Crippen molar-refractivity contribution in [2.24, 2.45) is 0 Å². The quantitative estimate of drug-likeness (QED) is 0.632. The van der Waals surface area contributed by atoms with E-state index in [1.165, 1.54) is 0 Å². The minimum atomic E-state index is -0.166. The Balaban J connectivity index is 1.81. The van der Waals surface area contributed by atoms with E-state index in [0.717, 1.165) is 28.9 Å². The summed E-state index contributed by atoms with van der Waals surface area (Å²) in [6.07, 6.45) is 1.20. The molecule has 0 atom stereocenters. The van der Waals surface area contributed by atoms with Crippen molar-refractivity contribution in [2.45, 2.75) is 26.4 Å². The molecule has 1 aliphatic rings. The normalized spacial score (nSPS) is 13.6. The average molecular weight is 268 g/mol. The molecule has 3 rings (SSSR count). The van der Waals surface area contributed by atoms with E-state index in [-0.39, 0.29) is 5.97 Å². The molecular weight excluding hydrogens is 252 g/mol. The van der Waals surface area contributed by atoms with E-state index in [1.807, 2.05) is 49.4 Å². The number of carbonyl (C=O) groups is 1.